The van der Waals surface area contributed by atoms with E-state index in [1.807, 2.05) is 0 Å². The van der Waals surface area contributed by atoms with Gasteiger partial charge in [-0.25, -0.2) is 9.48 Å². The minimum absolute atomic E-state index is 0.0123. The summed E-state index contributed by atoms with van der Waals surface area (Å²) in [6.07, 6.45) is 0. The summed E-state index contributed by atoms with van der Waals surface area (Å²) in [6.45, 7) is 0.229. The number of carboxylic acids is 1. The van der Waals surface area contributed by atoms with E-state index < -0.39 is 10.9 Å². The molecule has 0 aliphatic rings. The number of hydrogen-bond donors (Lipinski definition) is 2. The number of hydrogen-bond acceptors (Lipinski definition) is 6. The Balaban J connectivity index is 2.26. The number of nitrogens with two attached hydrogens (primary N) is 1. The third-order valence-electron chi connectivity index (χ3n) is 2.71. The zero-order valence-corrected chi connectivity index (χ0v) is 10.3. The Labute approximate surface area is 112 Å². The summed E-state index contributed by atoms with van der Waals surface area (Å²) in [5, 5.41) is 26.8. The van der Waals surface area contributed by atoms with Crippen molar-refractivity contribution >= 4 is 11.7 Å². The number of aromatic nitrogens is 3. The van der Waals surface area contributed by atoms with Crippen LogP contribution in [-0.2, 0) is 13.1 Å². The summed E-state index contributed by atoms with van der Waals surface area (Å²) in [5.74, 6) is -1.19. The lowest BCUT2D eigenvalue weighted by atomic mass is 10.2. The second-order valence-electron chi connectivity index (χ2n) is 3.98. The molecule has 0 aliphatic carbocycles. The van der Waals surface area contributed by atoms with Gasteiger partial charge in [-0.05, 0) is 5.56 Å². The summed E-state index contributed by atoms with van der Waals surface area (Å²) < 4.78 is 1.37. The van der Waals surface area contributed by atoms with E-state index in [4.69, 9.17) is 10.8 Å². The second-order valence-corrected chi connectivity index (χ2v) is 3.98. The molecule has 0 amide bonds. The van der Waals surface area contributed by atoms with Crippen LogP contribution in [0.3, 0.4) is 0 Å². The van der Waals surface area contributed by atoms with Crippen LogP contribution in [0.15, 0.2) is 24.3 Å². The molecular formula is C11H11N5O4. The molecule has 0 unspecified atom stereocenters. The molecule has 0 aliphatic heterocycles. The molecule has 0 fully saturated rings. The van der Waals surface area contributed by atoms with Crippen molar-refractivity contribution in [3.63, 3.8) is 0 Å². The van der Waals surface area contributed by atoms with E-state index >= 15 is 0 Å². The highest BCUT2D eigenvalue weighted by Crippen LogP contribution is 2.14. The van der Waals surface area contributed by atoms with Gasteiger partial charge >= 0.3 is 5.97 Å². The molecule has 104 valence electrons. The van der Waals surface area contributed by atoms with Gasteiger partial charge in [-0.15, -0.1) is 5.10 Å². The molecule has 2 rings (SSSR count). The van der Waals surface area contributed by atoms with Crippen LogP contribution in [0.2, 0.25) is 0 Å². The zero-order chi connectivity index (χ0) is 14.7. The predicted molar refractivity (Wildman–Crippen MR) is 67.1 cm³/mol. The number of carbonyl (C=O) groups is 1. The van der Waals surface area contributed by atoms with Gasteiger partial charge < -0.3 is 10.8 Å². The number of benzene rings is 1. The summed E-state index contributed by atoms with van der Waals surface area (Å²) in [4.78, 5) is 21.0. The standard InChI is InChI=1S/C11H11N5O4/c12-5-9-10(11(17)18)13-14-15(9)6-7-1-3-8(4-2-7)16(19)20/h1-4H,5-6,12H2,(H,17,18). The van der Waals surface area contributed by atoms with Crippen molar-refractivity contribution in [3.05, 3.63) is 51.3 Å². The third kappa shape index (κ3) is 2.62. The molecule has 0 saturated carbocycles. The molecule has 1 aromatic carbocycles. The molecule has 9 nitrogen and oxygen atoms in total. The van der Waals surface area contributed by atoms with E-state index in [-0.39, 0.29) is 24.5 Å². The van der Waals surface area contributed by atoms with E-state index in [1.54, 1.807) is 12.1 Å². The Kier molecular flexibility index (Phi) is 3.71. The van der Waals surface area contributed by atoms with Crippen LogP contribution in [0.4, 0.5) is 5.69 Å². The highest BCUT2D eigenvalue weighted by molar-refractivity contribution is 5.86. The SMILES string of the molecule is NCc1c(C(=O)O)nnn1Cc1ccc([N+](=O)[O-])cc1. The molecule has 3 N–H and O–H groups in total. The van der Waals surface area contributed by atoms with Gasteiger partial charge in [0.1, 0.15) is 0 Å². The molecule has 1 heterocycles. The topological polar surface area (TPSA) is 137 Å². The quantitative estimate of drug-likeness (QED) is 0.595. The first kappa shape index (κ1) is 13.6. The highest BCUT2D eigenvalue weighted by Gasteiger charge is 2.17. The summed E-state index contributed by atoms with van der Waals surface area (Å²) in [5.41, 5.74) is 6.33. The third-order valence-corrected chi connectivity index (χ3v) is 2.71. The lowest BCUT2D eigenvalue weighted by Gasteiger charge is -2.05. The van der Waals surface area contributed by atoms with E-state index in [2.05, 4.69) is 10.3 Å². The van der Waals surface area contributed by atoms with Crippen LogP contribution in [0.5, 0.6) is 0 Å². The normalized spacial score (nSPS) is 10.4. The van der Waals surface area contributed by atoms with Crippen molar-refractivity contribution in [1.29, 1.82) is 0 Å². The van der Waals surface area contributed by atoms with Crippen LogP contribution < -0.4 is 5.73 Å². The second kappa shape index (κ2) is 5.45. The summed E-state index contributed by atoms with van der Waals surface area (Å²) in [6, 6.07) is 5.88. The number of carboxylic acid groups (broad SMARTS) is 1. The zero-order valence-electron chi connectivity index (χ0n) is 10.3. The number of nitrogens with zero attached hydrogens (tertiary/aromatic N) is 4. The van der Waals surface area contributed by atoms with Gasteiger partial charge in [0.15, 0.2) is 5.69 Å². The first-order valence-corrected chi connectivity index (χ1v) is 5.62. The van der Waals surface area contributed by atoms with E-state index in [9.17, 15) is 14.9 Å². The molecule has 1 aromatic heterocycles. The van der Waals surface area contributed by atoms with E-state index in [0.717, 1.165) is 5.56 Å². The minimum Gasteiger partial charge on any atom is -0.476 e. The Bertz CT molecular complexity index is 649. The first-order chi connectivity index (χ1) is 9.52. The van der Waals surface area contributed by atoms with Gasteiger partial charge in [0, 0.05) is 18.7 Å². The van der Waals surface area contributed by atoms with Crippen LogP contribution in [0.1, 0.15) is 21.7 Å². The average molecular weight is 277 g/mol. The van der Waals surface area contributed by atoms with Crippen LogP contribution in [-0.4, -0.2) is 31.0 Å². The van der Waals surface area contributed by atoms with Crippen molar-refractivity contribution in [2.75, 3.05) is 0 Å². The molecule has 0 saturated heterocycles. The Morgan fingerprint density at radius 3 is 2.55 bits per heavy atom. The van der Waals surface area contributed by atoms with Gasteiger partial charge in [-0.1, -0.05) is 17.3 Å². The monoisotopic (exact) mass is 277 g/mol. The predicted octanol–water partition coefficient (Wildman–Crippen LogP) is 0.391. The first-order valence-electron chi connectivity index (χ1n) is 5.62. The molecule has 0 spiro atoms. The van der Waals surface area contributed by atoms with Crippen LogP contribution in [0, 0.1) is 10.1 Å². The van der Waals surface area contributed by atoms with Crippen LogP contribution >= 0.6 is 0 Å². The highest BCUT2D eigenvalue weighted by atomic mass is 16.6. The number of nitro benzene ring substituents is 1. The number of aromatic carboxylic acids is 1. The summed E-state index contributed by atoms with van der Waals surface area (Å²) in [7, 11) is 0. The maximum atomic E-state index is 10.9. The van der Waals surface area contributed by atoms with Gasteiger partial charge in [0.25, 0.3) is 5.69 Å². The Hall–Kier alpha value is -2.81. The van der Waals surface area contributed by atoms with Gasteiger partial charge in [0.2, 0.25) is 0 Å². The Morgan fingerprint density at radius 1 is 1.40 bits per heavy atom. The van der Waals surface area contributed by atoms with Crippen molar-refractivity contribution in [2.24, 2.45) is 5.73 Å². The maximum absolute atomic E-state index is 10.9. The molecule has 9 heteroatoms. The van der Waals surface area contributed by atoms with Gasteiger partial charge in [-0.2, -0.15) is 0 Å². The van der Waals surface area contributed by atoms with Gasteiger partial charge in [0.05, 0.1) is 17.2 Å². The van der Waals surface area contributed by atoms with Crippen molar-refractivity contribution in [2.45, 2.75) is 13.1 Å². The van der Waals surface area contributed by atoms with Crippen LogP contribution in [0.25, 0.3) is 0 Å². The van der Waals surface area contributed by atoms with Gasteiger partial charge in [-0.3, -0.25) is 10.1 Å². The molecule has 0 atom stereocenters. The number of non-ortho nitro benzene ring substituents is 1. The minimum atomic E-state index is -1.19. The molecule has 0 bridgehead atoms. The fraction of sp³-hybridized carbons (Fsp3) is 0.182. The average Bonchev–Trinajstić information content (AvgIpc) is 2.82. The van der Waals surface area contributed by atoms with Crippen molar-refractivity contribution < 1.29 is 14.8 Å². The fourth-order valence-electron chi connectivity index (χ4n) is 1.72. The lowest BCUT2D eigenvalue weighted by Crippen LogP contribution is -2.13. The van der Waals surface area contributed by atoms with E-state index in [0.29, 0.717) is 5.69 Å². The number of nitro groups is 1. The maximum Gasteiger partial charge on any atom is 0.358 e. The lowest BCUT2D eigenvalue weighted by molar-refractivity contribution is -0.384. The molecule has 2 aromatic rings. The Morgan fingerprint density at radius 2 is 2.05 bits per heavy atom. The number of rotatable bonds is 5. The molecular weight excluding hydrogens is 266 g/mol. The smallest absolute Gasteiger partial charge is 0.358 e. The van der Waals surface area contributed by atoms with Crippen molar-refractivity contribution in [3.8, 4) is 0 Å². The fourth-order valence-corrected chi connectivity index (χ4v) is 1.72. The summed E-state index contributed by atoms with van der Waals surface area (Å²) >= 11 is 0. The molecule has 0 radical (unpaired) electrons. The largest absolute Gasteiger partial charge is 0.476 e. The van der Waals surface area contributed by atoms with Crippen molar-refractivity contribution in [1.82, 2.24) is 15.0 Å². The van der Waals surface area contributed by atoms with E-state index in [1.165, 1.54) is 16.8 Å². The molecule has 20 heavy (non-hydrogen) atoms.